The number of hydrogen-bond donors (Lipinski definition) is 1. The van der Waals surface area contributed by atoms with Gasteiger partial charge in [-0.1, -0.05) is 42.5 Å². The fraction of sp³-hybridized carbons (Fsp3) is 0.0714. The molecule has 5 rings (SSSR count). The normalized spacial score (nSPS) is 10.8. The van der Waals surface area contributed by atoms with Gasteiger partial charge in [0.15, 0.2) is 0 Å². The van der Waals surface area contributed by atoms with Gasteiger partial charge in [-0.25, -0.2) is 4.98 Å². The van der Waals surface area contributed by atoms with Gasteiger partial charge in [-0.2, -0.15) is 0 Å². The van der Waals surface area contributed by atoms with Gasteiger partial charge in [0.05, 0.1) is 28.5 Å². The molecule has 1 N–H and O–H groups in total. The van der Waals surface area contributed by atoms with Crippen molar-refractivity contribution in [2.75, 3.05) is 0 Å². The molecule has 0 spiro atoms. The summed E-state index contributed by atoms with van der Waals surface area (Å²) in [4.78, 5) is 18.3. The Balaban J connectivity index is 1.52. The first-order chi connectivity index (χ1) is 16.4. The van der Waals surface area contributed by atoms with Gasteiger partial charge < -0.3 is 5.32 Å². The Morgan fingerprint density at radius 3 is 1.76 bits per heavy atom. The summed E-state index contributed by atoms with van der Waals surface area (Å²) in [6.45, 7) is 1.44. The van der Waals surface area contributed by atoms with Gasteiger partial charge in [-0.15, -0.1) is 0 Å². The first kappa shape index (κ1) is 20.7. The summed E-state index contributed by atoms with van der Waals surface area (Å²) >= 11 is 0. The van der Waals surface area contributed by atoms with Gasteiger partial charge in [-0.3, -0.25) is 15.0 Å². The Kier molecular flexibility index (Phi) is 6.22. The van der Waals surface area contributed by atoms with Crippen molar-refractivity contribution in [3.8, 4) is 33.9 Å². The lowest BCUT2D eigenvalue weighted by atomic mass is 9.97. The lowest BCUT2D eigenvalue weighted by molar-refractivity contribution is 0.680. The quantitative estimate of drug-likeness (QED) is 0.367. The van der Waals surface area contributed by atoms with Crippen LogP contribution in [0.15, 0.2) is 110 Å². The number of aromatic nitrogens is 4. The Hall–Kier alpha value is -4.22. The van der Waals surface area contributed by atoms with Crippen molar-refractivity contribution in [3.63, 3.8) is 0 Å². The van der Waals surface area contributed by atoms with E-state index in [0.29, 0.717) is 6.54 Å². The number of rotatable bonds is 7. The van der Waals surface area contributed by atoms with E-state index < -0.39 is 0 Å². The molecule has 0 aliphatic carbocycles. The minimum absolute atomic E-state index is 0.712. The molecule has 0 radical (unpaired) electrons. The standard InChI is InChI=1S/C28H23N5/c1-2-11-24(21(9-1)19-29-20-23-10-3-6-14-30-23)22-17-27(25-12-4-7-15-31-25)33-28(18-22)26-13-5-8-16-32-26/h1-18,29H,19-20H2. The molecule has 0 atom stereocenters. The van der Waals surface area contributed by atoms with Crippen LogP contribution >= 0.6 is 0 Å². The lowest BCUT2D eigenvalue weighted by Crippen LogP contribution is -2.14. The van der Waals surface area contributed by atoms with Crippen molar-refractivity contribution in [1.29, 1.82) is 0 Å². The molecule has 5 nitrogen and oxygen atoms in total. The highest BCUT2D eigenvalue weighted by molar-refractivity contribution is 5.76. The highest BCUT2D eigenvalue weighted by atomic mass is 14.9. The zero-order chi connectivity index (χ0) is 22.3. The third kappa shape index (κ3) is 5.00. The topological polar surface area (TPSA) is 63.6 Å². The molecule has 0 aliphatic rings. The van der Waals surface area contributed by atoms with Crippen LogP contribution in [0, 0.1) is 0 Å². The summed E-state index contributed by atoms with van der Waals surface area (Å²) in [6, 6.07) is 30.4. The third-order valence-electron chi connectivity index (χ3n) is 5.36. The summed E-state index contributed by atoms with van der Waals surface area (Å²) in [7, 11) is 0. The molecule has 0 saturated heterocycles. The predicted molar refractivity (Wildman–Crippen MR) is 131 cm³/mol. The number of hydrogen-bond acceptors (Lipinski definition) is 5. The Labute approximate surface area is 193 Å². The third-order valence-corrected chi connectivity index (χ3v) is 5.36. The molecule has 33 heavy (non-hydrogen) atoms. The molecule has 0 amide bonds. The van der Waals surface area contributed by atoms with E-state index in [1.807, 2.05) is 60.8 Å². The van der Waals surface area contributed by atoms with E-state index in [1.165, 1.54) is 5.56 Å². The van der Waals surface area contributed by atoms with E-state index in [9.17, 15) is 0 Å². The first-order valence-corrected chi connectivity index (χ1v) is 10.9. The first-order valence-electron chi connectivity index (χ1n) is 10.9. The van der Waals surface area contributed by atoms with Crippen LogP contribution in [0.2, 0.25) is 0 Å². The fourth-order valence-electron chi connectivity index (χ4n) is 3.76. The van der Waals surface area contributed by atoms with Crippen LogP contribution in [0.3, 0.4) is 0 Å². The number of nitrogens with zero attached hydrogens (tertiary/aromatic N) is 4. The van der Waals surface area contributed by atoms with Crippen molar-refractivity contribution in [2.45, 2.75) is 13.1 Å². The molecular weight excluding hydrogens is 406 g/mol. The number of nitrogens with one attached hydrogen (secondary N) is 1. The summed E-state index contributed by atoms with van der Waals surface area (Å²) < 4.78 is 0. The Bertz CT molecular complexity index is 1260. The van der Waals surface area contributed by atoms with Crippen LogP contribution < -0.4 is 5.32 Å². The zero-order valence-electron chi connectivity index (χ0n) is 18.1. The van der Waals surface area contributed by atoms with Crippen LogP contribution in [-0.4, -0.2) is 19.9 Å². The monoisotopic (exact) mass is 429 g/mol. The van der Waals surface area contributed by atoms with Crippen molar-refractivity contribution < 1.29 is 0 Å². The summed E-state index contributed by atoms with van der Waals surface area (Å²) in [5.41, 5.74) is 7.79. The lowest BCUT2D eigenvalue weighted by Gasteiger charge is -2.13. The molecule has 5 heteroatoms. The van der Waals surface area contributed by atoms with Gasteiger partial charge in [0, 0.05) is 31.7 Å². The van der Waals surface area contributed by atoms with E-state index in [4.69, 9.17) is 4.98 Å². The van der Waals surface area contributed by atoms with Crippen molar-refractivity contribution >= 4 is 0 Å². The van der Waals surface area contributed by atoms with Crippen LogP contribution in [-0.2, 0) is 13.1 Å². The zero-order valence-corrected chi connectivity index (χ0v) is 18.1. The van der Waals surface area contributed by atoms with Crippen LogP contribution in [0.5, 0.6) is 0 Å². The van der Waals surface area contributed by atoms with E-state index in [-0.39, 0.29) is 0 Å². The van der Waals surface area contributed by atoms with E-state index in [0.717, 1.165) is 46.1 Å². The molecule has 0 bridgehead atoms. The van der Waals surface area contributed by atoms with Crippen LogP contribution in [0.1, 0.15) is 11.3 Å². The molecule has 4 heterocycles. The van der Waals surface area contributed by atoms with Crippen molar-refractivity contribution in [3.05, 3.63) is 121 Å². The number of benzene rings is 1. The van der Waals surface area contributed by atoms with Gasteiger partial charge in [0.1, 0.15) is 0 Å². The molecule has 0 fully saturated rings. The van der Waals surface area contributed by atoms with Gasteiger partial charge in [0.25, 0.3) is 0 Å². The Morgan fingerprint density at radius 1 is 0.545 bits per heavy atom. The summed E-state index contributed by atoms with van der Waals surface area (Å²) in [6.07, 6.45) is 5.40. The summed E-state index contributed by atoms with van der Waals surface area (Å²) in [5.74, 6) is 0. The average Bonchev–Trinajstić information content (AvgIpc) is 2.90. The smallest absolute Gasteiger partial charge is 0.0900 e. The molecular formula is C28H23N5. The van der Waals surface area contributed by atoms with E-state index >= 15 is 0 Å². The van der Waals surface area contributed by atoms with Gasteiger partial charge in [-0.05, 0) is 65.2 Å². The van der Waals surface area contributed by atoms with Crippen LogP contribution in [0.25, 0.3) is 33.9 Å². The van der Waals surface area contributed by atoms with Crippen molar-refractivity contribution in [1.82, 2.24) is 25.3 Å². The highest BCUT2D eigenvalue weighted by Gasteiger charge is 2.12. The highest BCUT2D eigenvalue weighted by Crippen LogP contribution is 2.30. The van der Waals surface area contributed by atoms with Crippen LogP contribution in [0.4, 0.5) is 0 Å². The average molecular weight is 430 g/mol. The molecule has 0 saturated carbocycles. The molecule has 0 aliphatic heterocycles. The second kappa shape index (κ2) is 9.94. The molecule has 5 aromatic rings. The van der Waals surface area contributed by atoms with Gasteiger partial charge >= 0.3 is 0 Å². The minimum atomic E-state index is 0.712. The van der Waals surface area contributed by atoms with E-state index in [2.05, 4.69) is 56.7 Å². The van der Waals surface area contributed by atoms with Crippen molar-refractivity contribution in [2.24, 2.45) is 0 Å². The maximum Gasteiger partial charge on any atom is 0.0900 e. The fourth-order valence-corrected chi connectivity index (χ4v) is 3.76. The predicted octanol–water partition coefficient (Wildman–Crippen LogP) is 5.56. The second-order valence-electron chi connectivity index (χ2n) is 7.64. The van der Waals surface area contributed by atoms with E-state index in [1.54, 1.807) is 12.4 Å². The molecule has 4 aromatic heterocycles. The maximum absolute atomic E-state index is 4.88. The number of pyridine rings is 4. The molecule has 1 aromatic carbocycles. The largest absolute Gasteiger partial charge is 0.307 e. The Morgan fingerprint density at radius 2 is 1.15 bits per heavy atom. The summed E-state index contributed by atoms with van der Waals surface area (Å²) in [5, 5.41) is 3.52. The van der Waals surface area contributed by atoms with Gasteiger partial charge in [0.2, 0.25) is 0 Å². The molecule has 160 valence electrons. The SMILES string of the molecule is c1ccc(CNCc2ccccc2-c2cc(-c3ccccn3)nc(-c3ccccn3)c2)nc1. The maximum atomic E-state index is 4.88. The second-order valence-corrected chi connectivity index (χ2v) is 7.64. The minimum Gasteiger partial charge on any atom is -0.307 e. The molecule has 0 unspecified atom stereocenters.